The van der Waals surface area contributed by atoms with Crippen molar-refractivity contribution in [1.82, 2.24) is 0 Å². The molecule has 0 aromatic heterocycles. The maximum absolute atomic E-state index is 15.0. The van der Waals surface area contributed by atoms with Crippen molar-refractivity contribution in [1.29, 1.82) is 0 Å². The molecule has 0 bridgehead atoms. The molecule has 0 aromatic carbocycles. The van der Waals surface area contributed by atoms with Gasteiger partial charge >= 0.3 is 35.8 Å². The third-order valence-electron chi connectivity index (χ3n) is 15.3. The molecule has 16 heteroatoms. The molecule has 3 saturated heterocycles. The Morgan fingerprint density at radius 3 is 1.91 bits per heavy atom. The third kappa shape index (κ3) is 4.27. The summed E-state index contributed by atoms with van der Waals surface area (Å²) in [6.07, 6.45) is -8.22. The van der Waals surface area contributed by atoms with E-state index < -0.39 is 159 Å². The number of carbonyl (C=O) groups is 7. The number of Topliss-reactive ketones (excluding diaryl/α,β-unsaturated/α-hetero) is 1. The second kappa shape index (κ2) is 11.2. The molecule has 296 valence electrons. The lowest BCUT2D eigenvalue weighted by Gasteiger charge is -2.65. The Kier molecular flexibility index (Phi) is 7.76. The molecule has 1 unspecified atom stereocenters. The topological polar surface area (TPSA) is 220 Å². The fourth-order valence-corrected chi connectivity index (χ4v) is 13.6. The van der Waals surface area contributed by atoms with E-state index in [2.05, 4.69) is 0 Å². The van der Waals surface area contributed by atoms with Crippen LogP contribution >= 0.6 is 0 Å². The van der Waals surface area contributed by atoms with Crippen LogP contribution in [0.5, 0.6) is 0 Å². The maximum atomic E-state index is 15.0. The normalized spacial score (nSPS) is 54.0. The van der Waals surface area contributed by atoms with Crippen molar-refractivity contribution in [3.63, 3.8) is 0 Å². The summed E-state index contributed by atoms with van der Waals surface area (Å²) < 4.78 is 48.6. The Morgan fingerprint density at radius 1 is 0.741 bits per heavy atom. The van der Waals surface area contributed by atoms with Gasteiger partial charge in [0.05, 0.1) is 17.6 Å². The molecular weight excluding hydrogens is 712 g/mol. The number of hydrogen-bond acceptors (Lipinski definition) is 16. The molecule has 54 heavy (non-hydrogen) atoms. The molecule has 3 aliphatic heterocycles. The predicted octanol–water partition coefficient (Wildman–Crippen LogP) is 1.19. The van der Waals surface area contributed by atoms with Crippen LogP contribution < -0.4 is 0 Å². The molecule has 5 saturated carbocycles. The Balaban J connectivity index is 1.41. The van der Waals surface area contributed by atoms with Crippen molar-refractivity contribution in [3.05, 3.63) is 0 Å². The second-order valence-corrected chi connectivity index (χ2v) is 17.7. The van der Waals surface area contributed by atoms with Crippen LogP contribution in [-0.4, -0.2) is 107 Å². The van der Waals surface area contributed by atoms with Crippen LogP contribution in [-0.2, 0) is 71.5 Å². The molecule has 0 aromatic rings. The minimum absolute atomic E-state index is 0.191. The number of rotatable bonds is 5. The smallest absolute Gasteiger partial charge is 0.353 e. The highest BCUT2D eigenvalue weighted by atomic mass is 16.8. The molecule has 20 atom stereocenters. The zero-order chi connectivity index (χ0) is 39.6. The summed E-state index contributed by atoms with van der Waals surface area (Å²) in [5.74, 6) is -13.0. The van der Waals surface area contributed by atoms with Gasteiger partial charge in [-0.15, -0.1) is 0 Å². The Bertz CT molecular complexity index is 1780. The highest BCUT2D eigenvalue weighted by Gasteiger charge is 2.94. The van der Waals surface area contributed by atoms with Crippen LogP contribution in [0.2, 0.25) is 0 Å². The summed E-state index contributed by atoms with van der Waals surface area (Å²) >= 11 is 0. The van der Waals surface area contributed by atoms with Crippen LogP contribution in [0.25, 0.3) is 0 Å². The zero-order valence-corrected chi connectivity index (χ0v) is 31.9. The van der Waals surface area contributed by atoms with E-state index in [9.17, 15) is 38.7 Å². The molecule has 8 fully saturated rings. The Morgan fingerprint density at radius 2 is 1.33 bits per heavy atom. The Labute approximate surface area is 311 Å². The van der Waals surface area contributed by atoms with Gasteiger partial charge < -0.3 is 43.0 Å². The number of ether oxygens (including phenoxy) is 8. The van der Waals surface area contributed by atoms with Gasteiger partial charge in [0.25, 0.3) is 5.79 Å². The van der Waals surface area contributed by atoms with Gasteiger partial charge in [-0.05, 0) is 32.1 Å². The second-order valence-electron chi connectivity index (χ2n) is 17.7. The summed E-state index contributed by atoms with van der Waals surface area (Å²) in [5.41, 5.74) is -6.29. The van der Waals surface area contributed by atoms with Gasteiger partial charge in [0, 0.05) is 75.0 Å². The fraction of sp³-hybridized carbons (Fsp3) is 0.816. The van der Waals surface area contributed by atoms with Crippen LogP contribution in [0.1, 0.15) is 75.7 Å². The minimum atomic E-state index is -1.97. The highest BCUT2D eigenvalue weighted by molar-refractivity contribution is 5.90. The number of aliphatic hydroxyl groups is 1. The third-order valence-corrected chi connectivity index (χ3v) is 15.3. The molecule has 0 amide bonds. The summed E-state index contributed by atoms with van der Waals surface area (Å²) in [6, 6.07) is 0. The summed E-state index contributed by atoms with van der Waals surface area (Å²) in [6.45, 7) is 14.5. The van der Waals surface area contributed by atoms with Crippen LogP contribution in [0.3, 0.4) is 0 Å². The first kappa shape index (κ1) is 37.3. The monoisotopic (exact) mass is 760 g/mol. The van der Waals surface area contributed by atoms with Gasteiger partial charge in [0.1, 0.15) is 30.5 Å². The van der Waals surface area contributed by atoms with Gasteiger partial charge in [-0.25, -0.2) is 4.79 Å². The number of ketones is 1. The molecular formula is C38H48O16. The summed E-state index contributed by atoms with van der Waals surface area (Å²) in [5, 5.41) is 13.2. The number of aliphatic hydroxyl groups excluding tert-OH is 1. The average molecular weight is 761 g/mol. The van der Waals surface area contributed by atoms with Crippen molar-refractivity contribution < 1.29 is 76.6 Å². The molecule has 0 radical (unpaired) electrons. The molecule has 3 heterocycles. The number of fused-ring (bicyclic) bond motifs is 9. The highest BCUT2D eigenvalue weighted by Crippen LogP contribution is 2.81. The van der Waals surface area contributed by atoms with Gasteiger partial charge in [0.2, 0.25) is 5.60 Å². The first-order chi connectivity index (χ1) is 25.0. The fourth-order valence-electron chi connectivity index (χ4n) is 13.6. The quantitative estimate of drug-likeness (QED) is 0.236. The standard InChI is InChI=1S/C38H48O16/c1-12-21-24(36(9)37(10,52-17(6)43)33(46)54-38(36)30(12)53-38)26(45)22-20-23(29(48-14(3)40)32(35(21,22)8)50-16(5)42)34(7)18(25(44)28(20)47-13(2)39)11-19-27(51-19)31(34)49-15(4)41/h12,18-24,26-32,45H,11H2,1-10H3/t12-,18+,19-,20-,21-,22+,23?,24-,26+,27-,28+,29-,30-,31-,32-,34-,35+,36-,37+,38+/m0/s1. The van der Waals surface area contributed by atoms with Crippen LogP contribution in [0.4, 0.5) is 0 Å². The SMILES string of the molecule is CC(=O)O[C@H]1C(=O)[C@H]2C[C@@H]3O[C@@H]3[C@H](OC(C)=O)[C@]2(C)C2[C@@H]1[C@@H]1[C@@H](O)[C@@H]3[C@H]([C@H](C)[C@@H]4O[C@@]45OC(=O)[C@@](C)(OC(C)=O)[C@]35C)[C@@]1(C)[C@@H](OC(C)=O)[C@H]2OC(C)=O. The van der Waals surface area contributed by atoms with Crippen molar-refractivity contribution in [2.24, 2.45) is 57.7 Å². The van der Waals surface area contributed by atoms with Crippen LogP contribution in [0.15, 0.2) is 0 Å². The maximum Gasteiger partial charge on any atom is 0.353 e. The number of carbonyl (C=O) groups excluding carboxylic acids is 7. The largest absolute Gasteiger partial charge is 0.459 e. The molecule has 5 aliphatic carbocycles. The van der Waals surface area contributed by atoms with Crippen molar-refractivity contribution in [2.75, 3.05) is 0 Å². The van der Waals surface area contributed by atoms with Crippen molar-refractivity contribution >= 4 is 41.6 Å². The van der Waals surface area contributed by atoms with E-state index in [-0.39, 0.29) is 6.42 Å². The molecule has 8 rings (SSSR count). The molecule has 8 aliphatic rings. The lowest BCUT2D eigenvalue weighted by atomic mass is 9.41. The summed E-state index contributed by atoms with van der Waals surface area (Å²) in [4.78, 5) is 93.7. The molecule has 16 nitrogen and oxygen atoms in total. The van der Waals surface area contributed by atoms with E-state index in [0.717, 1.165) is 6.92 Å². The number of epoxide rings is 2. The van der Waals surface area contributed by atoms with Crippen molar-refractivity contribution in [2.45, 2.75) is 136 Å². The molecule has 1 N–H and O–H groups in total. The van der Waals surface area contributed by atoms with Gasteiger partial charge in [-0.2, -0.15) is 0 Å². The van der Waals surface area contributed by atoms with Gasteiger partial charge in [-0.3, -0.25) is 28.8 Å². The Hall–Kier alpha value is -3.63. The molecule has 1 spiro atoms. The van der Waals surface area contributed by atoms with Gasteiger partial charge in [-0.1, -0.05) is 20.8 Å². The number of esters is 6. The minimum Gasteiger partial charge on any atom is -0.459 e. The van der Waals surface area contributed by atoms with Crippen LogP contribution in [0, 0.1) is 57.7 Å². The van der Waals surface area contributed by atoms with E-state index in [4.69, 9.17) is 37.9 Å². The predicted molar refractivity (Wildman–Crippen MR) is 175 cm³/mol. The van der Waals surface area contributed by atoms with E-state index in [1.165, 1.54) is 34.6 Å². The average Bonchev–Trinajstić information content (AvgIpc) is 3.95. The lowest BCUT2D eigenvalue weighted by molar-refractivity contribution is -0.274. The summed E-state index contributed by atoms with van der Waals surface area (Å²) in [7, 11) is 0. The number of hydrogen-bond donors (Lipinski definition) is 1. The van der Waals surface area contributed by atoms with E-state index in [0.29, 0.717) is 0 Å². The zero-order valence-electron chi connectivity index (χ0n) is 31.9. The first-order valence-electron chi connectivity index (χ1n) is 18.7. The van der Waals surface area contributed by atoms with E-state index in [1.54, 1.807) is 20.8 Å². The van der Waals surface area contributed by atoms with Gasteiger partial charge in [0.15, 0.2) is 11.9 Å². The van der Waals surface area contributed by atoms with E-state index >= 15 is 0 Å². The first-order valence-corrected chi connectivity index (χ1v) is 18.7. The van der Waals surface area contributed by atoms with Crippen molar-refractivity contribution in [3.8, 4) is 0 Å². The lowest BCUT2D eigenvalue weighted by Crippen LogP contribution is -2.75. The van der Waals surface area contributed by atoms with E-state index in [1.807, 2.05) is 6.92 Å².